The molecule has 1 fully saturated rings. The maximum atomic E-state index is 13.7. The lowest BCUT2D eigenvalue weighted by Crippen LogP contribution is -2.51. The summed E-state index contributed by atoms with van der Waals surface area (Å²) in [7, 11) is 0. The molecule has 1 aliphatic heterocycles. The summed E-state index contributed by atoms with van der Waals surface area (Å²) in [4.78, 5) is 46.1. The number of ether oxygens (including phenoxy) is 1. The van der Waals surface area contributed by atoms with Crippen molar-refractivity contribution in [1.29, 1.82) is 0 Å². The first-order valence-electron chi connectivity index (χ1n) is 12.5. The molecular formula is C28H25F4N3O4S. The lowest BCUT2D eigenvalue weighted by Gasteiger charge is -2.31. The highest BCUT2D eigenvalue weighted by molar-refractivity contribution is 7.15. The van der Waals surface area contributed by atoms with Crippen molar-refractivity contribution in [3.05, 3.63) is 75.7 Å². The number of alkyl halides is 3. The van der Waals surface area contributed by atoms with E-state index in [1.807, 2.05) is 26.0 Å². The Bertz CT molecular complexity index is 1500. The molecule has 2 atom stereocenters. The summed E-state index contributed by atoms with van der Waals surface area (Å²) in [5, 5.41) is 0.915. The van der Waals surface area contributed by atoms with E-state index >= 15 is 0 Å². The van der Waals surface area contributed by atoms with E-state index in [0.717, 1.165) is 45.8 Å². The Labute approximate surface area is 231 Å². The summed E-state index contributed by atoms with van der Waals surface area (Å²) in [5.74, 6) is -2.47. The van der Waals surface area contributed by atoms with Crippen LogP contribution in [0.25, 0.3) is 10.4 Å². The third-order valence-corrected chi connectivity index (χ3v) is 8.47. The van der Waals surface area contributed by atoms with Gasteiger partial charge >= 0.3 is 12.3 Å². The highest BCUT2D eigenvalue weighted by atomic mass is 32.1. The van der Waals surface area contributed by atoms with Gasteiger partial charge in [0, 0.05) is 18.5 Å². The number of benzene rings is 2. The van der Waals surface area contributed by atoms with Crippen molar-refractivity contribution >= 4 is 29.2 Å². The number of fused-ring (bicyclic) bond motifs is 2. The van der Waals surface area contributed by atoms with Crippen LogP contribution in [0.5, 0.6) is 0 Å². The molecular weight excluding hydrogens is 550 g/mol. The van der Waals surface area contributed by atoms with Gasteiger partial charge in [0.1, 0.15) is 18.4 Å². The Hall–Kier alpha value is -3.80. The van der Waals surface area contributed by atoms with Crippen molar-refractivity contribution in [2.24, 2.45) is 0 Å². The van der Waals surface area contributed by atoms with Crippen molar-refractivity contribution in [1.82, 2.24) is 14.8 Å². The Kier molecular flexibility index (Phi) is 6.93. The van der Waals surface area contributed by atoms with Crippen molar-refractivity contribution in [3.8, 4) is 10.4 Å². The van der Waals surface area contributed by atoms with E-state index in [9.17, 15) is 31.9 Å². The number of imide groups is 1. The monoisotopic (exact) mass is 575 g/mol. The number of rotatable bonds is 6. The number of hydrogen-bond donors (Lipinski definition) is 0. The van der Waals surface area contributed by atoms with E-state index in [-0.39, 0.29) is 12.0 Å². The zero-order valence-electron chi connectivity index (χ0n) is 21.8. The largest absolute Gasteiger partial charge is 0.427 e. The standard InChI is InChI=1S/C28H25F4N3O4S/c1-15-24(40-17(3)33-15)20-6-9-22-19(12-20)10-11-27(22)25(37)35(26(38)39-27)14-23(36)34(16(2)28(30,31)32)13-18-4-7-21(29)8-5-18/h4-9,12,16H,10-11,13-14H2,1-3H3/t16-,27-/m1/s1. The van der Waals surface area contributed by atoms with Crippen molar-refractivity contribution in [3.63, 3.8) is 0 Å². The number of thiazole rings is 1. The predicted molar refractivity (Wildman–Crippen MR) is 138 cm³/mol. The molecule has 2 aromatic carbocycles. The average Bonchev–Trinajstić information content (AvgIpc) is 3.51. The molecule has 3 aromatic rings. The van der Waals surface area contributed by atoms with E-state index in [1.165, 1.54) is 12.1 Å². The summed E-state index contributed by atoms with van der Waals surface area (Å²) in [6, 6.07) is 7.91. The lowest BCUT2D eigenvalue weighted by atomic mass is 9.94. The van der Waals surface area contributed by atoms with E-state index in [2.05, 4.69) is 4.98 Å². The predicted octanol–water partition coefficient (Wildman–Crippen LogP) is 5.67. The zero-order chi connectivity index (χ0) is 29.0. The molecule has 3 amide bonds. The van der Waals surface area contributed by atoms with Crippen molar-refractivity contribution < 1.29 is 36.7 Å². The molecule has 0 N–H and O–H groups in total. The van der Waals surface area contributed by atoms with Crippen molar-refractivity contribution in [2.75, 3.05) is 6.54 Å². The van der Waals surface area contributed by atoms with E-state index in [1.54, 1.807) is 17.4 Å². The summed E-state index contributed by atoms with van der Waals surface area (Å²) in [6.07, 6.45) is -5.28. The van der Waals surface area contributed by atoms with Gasteiger partial charge in [-0.15, -0.1) is 11.3 Å². The molecule has 2 heterocycles. The second-order valence-corrected chi connectivity index (χ2v) is 11.2. The normalized spacial score (nSPS) is 19.2. The van der Waals surface area contributed by atoms with Gasteiger partial charge in [-0.2, -0.15) is 13.2 Å². The fraction of sp³-hybridized carbons (Fsp3) is 0.357. The third-order valence-electron chi connectivity index (χ3n) is 7.35. The average molecular weight is 576 g/mol. The lowest BCUT2D eigenvalue weighted by molar-refractivity contribution is -0.187. The molecule has 1 spiro atoms. The van der Waals surface area contributed by atoms with Gasteiger partial charge < -0.3 is 9.64 Å². The van der Waals surface area contributed by atoms with Gasteiger partial charge in [0.25, 0.3) is 5.91 Å². The number of carbonyl (C=O) groups excluding carboxylic acids is 3. The minimum absolute atomic E-state index is 0.153. The van der Waals surface area contributed by atoms with E-state index in [0.29, 0.717) is 21.8 Å². The minimum atomic E-state index is -4.77. The van der Waals surface area contributed by atoms with Gasteiger partial charge in [-0.3, -0.25) is 9.59 Å². The number of aromatic nitrogens is 1. The Morgan fingerprint density at radius 3 is 2.50 bits per heavy atom. The Morgan fingerprint density at radius 1 is 1.18 bits per heavy atom. The van der Waals surface area contributed by atoms with Crippen LogP contribution in [0.1, 0.15) is 40.7 Å². The van der Waals surface area contributed by atoms with Crippen LogP contribution in [-0.2, 0) is 32.9 Å². The van der Waals surface area contributed by atoms with Gasteiger partial charge in [0.15, 0.2) is 0 Å². The second-order valence-electron chi connectivity index (χ2n) is 9.97. The fourth-order valence-electron chi connectivity index (χ4n) is 5.22. The van der Waals surface area contributed by atoms with Gasteiger partial charge in [0.2, 0.25) is 11.5 Å². The van der Waals surface area contributed by atoms with Crippen LogP contribution in [0.15, 0.2) is 42.5 Å². The second kappa shape index (κ2) is 9.99. The van der Waals surface area contributed by atoms with Crippen molar-refractivity contribution in [2.45, 2.75) is 58.0 Å². The molecule has 0 saturated carbocycles. The van der Waals surface area contributed by atoms with Crippen LogP contribution in [0, 0.1) is 19.7 Å². The molecule has 0 bridgehead atoms. The Balaban J connectivity index is 1.39. The maximum Gasteiger partial charge on any atom is 0.418 e. The topological polar surface area (TPSA) is 79.8 Å². The molecule has 210 valence electrons. The number of aryl methyl sites for hydroxylation is 3. The number of amides is 3. The number of halogens is 4. The summed E-state index contributed by atoms with van der Waals surface area (Å²) in [5.41, 5.74) is 1.71. The summed E-state index contributed by atoms with van der Waals surface area (Å²) >= 11 is 1.54. The fourth-order valence-corrected chi connectivity index (χ4v) is 6.14. The van der Waals surface area contributed by atoms with Crippen LogP contribution in [0.2, 0.25) is 0 Å². The smallest absolute Gasteiger partial charge is 0.418 e. The number of nitrogens with zero attached hydrogens (tertiary/aromatic N) is 3. The Morgan fingerprint density at radius 2 is 1.88 bits per heavy atom. The molecule has 0 radical (unpaired) electrons. The SMILES string of the molecule is Cc1nc(C)c(-c2ccc3c(c2)CC[C@@]32OC(=O)N(CC(=O)N(Cc3ccc(F)cc3)[C@H](C)C(F)(F)F)C2=O)s1. The van der Waals surface area contributed by atoms with Crippen LogP contribution in [-0.4, -0.2) is 51.5 Å². The first-order chi connectivity index (χ1) is 18.8. The highest BCUT2D eigenvalue weighted by Crippen LogP contribution is 2.47. The highest BCUT2D eigenvalue weighted by Gasteiger charge is 2.58. The molecule has 1 saturated heterocycles. The van der Waals surface area contributed by atoms with Gasteiger partial charge in [-0.1, -0.05) is 24.3 Å². The molecule has 1 aromatic heterocycles. The van der Waals surface area contributed by atoms with Gasteiger partial charge in [-0.25, -0.2) is 19.1 Å². The van der Waals surface area contributed by atoms with E-state index in [4.69, 9.17) is 4.74 Å². The van der Waals surface area contributed by atoms with Crippen LogP contribution >= 0.6 is 11.3 Å². The maximum absolute atomic E-state index is 13.7. The zero-order valence-corrected chi connectivity index (χ0v) is 22.7. The molecule has 2 aliphatic rings. The quantitative estimate of drug-likeness (QED) is 0.354. The minimum Gasteiger partial charge on any atom is -0.427 e. The first-order valence-corrected chi connectivity index (χ1v) is 13.3. The van der Waals surface area contributed by atoms with Gasteiger partial charge in [0.05, 0.1) is 15.6 Å². The van der Waals surface area contributed by atoms with Crippen LogP contribution < -0.4 is 0 Å². The first kappa shape index (κ1) is 27.8. The van der Waals surface area contributed by atoms with Crippen LogP contribution in [0.4, 0.5) is 22.4 Å². The number of hydrogen-bond acceptors (Lipinski definition) is 6. The molecule has 7 nitrogen and oxygen atoms in total. The van der Waals surface area contributed by atoms with E-state index < -0.39 is 54.6 Å². The molecule has 40 heavy (non-hydrogen) atoms. The molecule has 12 heteroatoms. The van der Waals surface area contributed by atoms with Gasteiger partial charge in [-0.05, 0) is 62.1 Å². The summed E-state index contributed by atoms with van der Waals surface area (Å²) < 4.78 is 59.8. The molecule has 5 rings (SSSR count). The molecule has 0 unspecified atom stereocenters. The third kappa shape index (κ3) is 4.85. The molecule has 1 aliphatic carbocycles. The summed E-state index contributed by atoms with van der Waals surface area (Å²) in [6.45, 7) is 3.21. The van der Waals surface area contributed by atoms with Crippen LogP contribution in [0.3, 0.4) is 0 Å². The number of carbonyl (C=O) groups is 3.